The second kappa shape index (κ2) is 7.66. The molecule has 39 heavy (non-hydrogen) atoms. The second-order valence-electron chi connectivity index (χ2n) is 10.4. The molecule has 0 saturated heterocycles. The Morgan fingerprint density at radius 1 is 0.462 bits per heavy atom. The first kappa shape index (κ1) is 20.8. The molecule has 0 amide bonds. The van der Waals surface area contributed by atoms with E-state index in [1.54, 1.807) is 0 Å². The van der Waals surface area contributed by atoms with E-state index in [1.807, 2.05) is 0 Å². The van der Waals surface area contributed by atoms with Crippen molar-refractivity contribution in [2.24, 2.45) is 0 Å². The first-order valence-electron chi connectivity index (χ1n) is 13.4. The van der Waals surface area contributed by atoms with Crippen molar-refractivity contribution in [2.45, 2.75) is 0 Å². The van der Waals surface area contributed by atoms with Crippen molar-refractivity contribution in [3.8, 4) is 39.1 Å². The quantitative estimate of drug-likeness (QED) is 0.234. The van der Waals surface area contributed by atoms with Crippen molar-refractivity contribution in [1.82, 2.24) is 9.55 Å². The molecule has 6 aromatic carbocycles. The molecular formula is C37H22N2. The maximum atomic E-state index is 5.12. The third-order valence-electron chi connectivity index (χ3n) is 8.34. The molecule has 2 heteroatoms. The van der Waals surface area contributed by atoms with E-state index in [0.29, 0.717) is 0 Å². The molecule has 2 heterocycles. The Morgan fingerprint density at radius 3 is 2.00 bits per heavy atom. The Kier molecular flexibility index (Phi) is 4.08. The molecule has 2 nitrogen and oxygen atoms in total. The monoisotopic (exact) mass is 494 g/mol. The number of hydrogen-bond acceptors (Lipinski definition) is 1. The van der Waals surface area contributed by atoms with Crippen LogP contribution in [0.15, 0.2) is 133 Å². The van der Waals surface area contributed by atoms with Crippen LogP contribution in [0.3, 0.4) is 0 Å². The summed E-state index contributed by atoms with van der Waals surface area (Å²) in [6, 6.07) is 48.2. The highest BCUT2D eigenvalue weighted by Gasteiger charge is 2.22. The van der Waals surface area contributed by atoms with E-state index < -0.39 is 0 Å². The standard InChI is InChI=1S/C37H22N2/c1-5-14-34-24(8-1)22-33-29-11-4-6-15-35(29)39(37(33)38-34)25-18-16-23(17-19-25)26-20-21-32-28-10-3-2-9-27(28)31-13-7-12-30(26)36(31)32/h1-22H. The molecule has 2 aromatic heterocycles. The van der Waals surface area contributed by atoms with E-state index in [0.717, 1.165) is 22.2 Å². The van der Waals surface area contributed by atoms with Gasteiger partial charge in [-0.3, -0.25) is 4.57 Å². The van der Waals surface area contributed by atoms with Gasteiger partial charge in [-0.15, -0.1) is 0 Å². The van der Waals surface area contributed by atoms with E-state index in [2.05, 4.69) is 138 Å². The van der Waals surface area contributed by atoms with Crippen LogP contribution in [-0.2, 0) is 0 Å². The number of benzene rings is 6. The normalized spacial score (nSPS) is 12.1. The maximum absolute atomic E-state index is 5.12. The fraction of sp³-hybridized carbons (Fsp3) is 0. The Morgan fingerprint density at radius 2 is 1.13 bits per heavy atom. The van der Waals surface area contributed by atoms with Gasteiger partial charge >= 0.3 is 0 Å². The van der Waals surface area contributed by atoms with Crippen molar-refractivity contribution in [3.05, 3.63) is 133 Å². The average Bonchev–Trinajstić information content (AvgIpc) is 3.50. The van der Waals surface area contributed by atoms with Crippen LogP contribution < -0.4 is 0 Å². The Hall–Kier alpha value is -5.21. The van der Waals surface area contributed by atoms with Crippen LogP contribution in [-0.4, -0.2) is 9.55 Å². The van der Waals surface area contributed by atoms with Crippen molar-refractivity contribution >= 4 is 43.6 Å². The highest BCUT2D eigenvalue weighted by atomic mass is 15.0. The summed E-state index contributed by atoms with van der Waals surface area (Å²) in [7, 11) is 0. The highest BCUT2D eigenvalue weighted by molar-refractivity contribution is 6.18. The van der Waals surface area contributed by atoms with Crippen LogP contribution >= 0.6 is 0 Å². The lowest BCUT2D eigenvalue weighted by Gasteiger charge is -2.12. The summed E-state index contributed by atoms with van der Waals surface area (Å²) >= 11 is 0. The first-order chi connectivity index (χ1) is 19.3. The summed E-state index contributed by atoms with van der Waals surface area (Å²) in [6.07, 6.45) is 0. The summed E-state index contributed by atoms with van der Waals surface area (Å²) < 4.78 is 2.30. The van der Waals surface area contributed by atoms with Gasteiger partial charge in [0, 0.05) is 21.8 Å². The van der Waals surface area contributed by atoms with E-state index in [1.165, 1.54) is 60.4 Å². The number of fused-ring (bicyclic) bond motifs is 7. The smallest absolute Gasteiger partial charge is 0.146 e. The van der Waals surface area contributed by atoms with Gasteiger partial charge in [-0.05, 0) is 74.5 Å². The zero-order valence-electron chi connectivity index (χ0n) is 21.1. The molecule has 8 aromatic rings. The lowest BCUT2D eigenvalue weighted by Crippen LogP contribution is -1.96. The number of pyridine rings is 1. The molecule has 0 fully saturated rings. The van der Waals surface area contributed by atoms with Gasteiger partial charge in [0.15, 0.2) is 0 Å². The fourth-order valence-corrected chi connectivity index (χ4v) is 6.60. The van der Waals surface area contributed by atoms with Gasteiger partial charge in [0.1, 0.15) is 5.65 Å². The number of rotatable bonds is 2. The Bertz CT molecular complexity index is 2240. The molecule has 1 aliphatic carbocycles. The molecule has 9 rings (SSSR count). The predicted molar refractivity (Wildman–Crippen MR) is 163 cm³/mol. The SMILES string of the molecule is c1ccc2c(c1)-c1cccc3c(-c4ccc(-n5c6ccccc6c6cc7ccccc7nc65)cc4)ccc-2c13. The van der Waals surface area contributed by atoms with Gasteiger partial charge in [0.25, 0.3) is 0 Å². The van der Waals surface area contributed by atoms with Crippen molar-refractivity contribution in [1.29, 1.82) is 0 Å². The van der Waals surface area contributed by atoms with Gasteiger partial charge in [0.2, 0.25) is 0 Å². The Labute approximate surface area is 225 Å². The minimum atomic E-state index is 0.991. The van der Waals surface area contributed by atoms with Gasteiger partial charge in [-0.1, -0.05) is 103 Å². The van der Waals surface area contributed by atoms with Gasteiger partial charge < -0.3 is 0 Å². The third-order valence-corrected chi connectivity index (χ3v) is 8.34. The second-order valence-corrected chi connectivity index (χ2v) is 10.4. The van der Waals surface area contributed by atoms with Gasteiger partial charge in [0.05, 0.1) is 11.0 Å². The summed E-state index contributed by atoms with van der Waals surface area (Å²) in [4.78, 5) is 5.12. The zero-order chi connectivity index (χ0) is 25.5. The predicted octanol–water partition coefficient (Wildman–Crippen LogP) is 9.80. The largest absolute Gasteiger partial charge is 0.294 e. The number of aromatic nitrogens is 2. The Balaban J connectivity index is 1.24. The van der Waals surface area contributed by atoms with Gasteiger partial charge in [-0.2, -0.15) is 0 Å². The van der Waals surface area contributed by atoms with Crippen LogP contribution in [0, 0.1) is 0 Å². The van der Waals surface area contributed by atoms with E-state index >= 15 is 0 Å². The first-order valence-corrected chi connectivity index (χ1v) is 13.4. The zero-order valence-corrected chi connectivity index (χ0v) is 21.1. The summed E-state index contributed by atoms with van der Waals surface area (Å²) in [5.41, 5.74) is 12.1. The lowest BCUT2D eigenvalue weighted by molar-refractivity contribution is 1.15. The molecule has 0 N–H and O–H groups in total. The van der Waals surface area contributed by atoms with Crippen LogP contribution in [0.5, 0.6) is 0 Å². The molecule has 1 aliphatic rings. The van der Waals surface area contributed by atoms with E-state index in [-0.39, 0.29) is 0 Å². The molecule has 0 atom stereocenters. The summed E-state index contributed by atoms with van der Waals surface area (Å²) in [6.45, 7) is 0. The number of nitrogens with zero attached hydrogens (tertiary/aromatic N) is 2. The maximum Gasteiger partial charge on any atom is 0.146 e. The van der Waals surface area contributed by atoms with E-state index in [4.69, 9.17) is 4.98 Å². The molecule has 0 radical (unpaired) electrons. The van der Waals surface area contributed by atoms with Crippen molar-refractivity contribution in [2.75, 3.05) is 0 Å². The summed E-state index contributed by atoms with van der Waals surface area (Å²) in [5.74, 6) is 0. The van der Waals surface area contributed by atoms with Crippen molar-refractivity contribution in [3.63, 3.8) is 0 Å². The molecule has 0 aliphatic heterocycles. The van der Waals surface area contributed by atoms with Crippen LogP contribution in [0.2, 0.25) is 0 Å². The molecule has 0 saturated carbocycles. The molecule has 0 bridgehead atoms. The fourth-order valence-electron chi connectivity index (χ4n) is 6.60. The minimum absolute atomic E-state index is 0.991. The van der Waals surface area contributed by atoms with Crippen LogP contribution in [0.25, 0.3) is 82.7 Å². The van der Waals surface area contributed by atoms with Gasteiger partial charge in [-0.25, -0.2) is 4.98 Å². The third kappa shape index (κ3) is 2.83. The molecular weight excluding hydrogens is 472 g/mol. The molecule has 0 spiro atoms. The summed E-state index contributed by atoms with van der Waals surface area (Å²) in [5, 5.41) is 6.23. The average molecular weight is 495 g/mol. The topological polar surface area (TPSA) is 17.8 Å². The molecule has 0 unspecified atom stereocenters. The molecule has 180 valence electrons. The highest BCUT2D eigenvalue weighted by Crippen LogP contribution is 2.49. The number of para-hydroxylation sites is 2. The van der Waals surface area contributed by atoms with Crippen LogP contribution in [0.1, 0.15) is 0 Å². The van der Waals surface area contributed by atoms with E-state index in [9.17, 15) is 0 Å². The van der Waals surface area contributed by atoms with Crippen molar-refractivity contribution < 1.29 is 0 Å². The lowest BCUT2D eigenvalue weighted by atomic mass is 9.94. The van der Waals surface area contributed by atoms with Crippen LogP contribution in [0.4, 0.5) is 0 Å². The minimum Gasteiger partial charge on any atom is -0.294 e. The number of hydrogen-bond donors (Lipinski definition) is 0.